The zero-order valence-corrected chi connectivity index (χ0v) is 15.1. The van der Waals surface area contributed by atoms with Crippen LogP contribution in [0.1, 0.15) is 34.5 Å². The van der Waals surface area contributed by atoms with Crippen LogP contribution in [0.15, 0.2) is 73.1 Å². The molecule has 1 unspecified atom stereocenters. The number of nitrogens with zero attached hydrogens (tertiary/aromatic N) is 1. The van der Waals surface area contributed by atoms with Crippen molar-refractivity contribution in [1.82, 2.24) is 10.3 Å². The molecular formula is C21H19ClN2O2. The molecule has 0 aliphatic heterocycles. The van der Waals surface area contributed by atoms with Gasteiger partial charge in [0.1, 0.15) is 12.4 Å². The Morgan fingerprint density at radius 2 is 1.96 bits per heavy atom. The highest BCUT2D eigenvalue weighted by atomic mass is 35.5. The zero-order valence-electron chi connectivity index (χ0n) is 14.4. The summed E-state index contributed by atoms with van der Waals surface area (Å²) >= 11 is 5.94. The molecule has 132 valence electrons. The molecule has 1 N–H and O–H groups in total. The van der Waals surface area contributed by atoms with E-state index >= 15 is 0 Å². The zero-order chi connectivity index (χ0) is 18.4. The van der Waals surface area contributed by atoms with Crippen LogP contribution in [-0.2, 0) is 6.61 Å². The molecule has 1 amide bonds. The second kappa shape index (κ2) is 8.50. The van der Waals surface area contributed by atoms with Crippen molar-refractivity contribution in [3.05, 3.63) is 94.8 Å². The van der Waals surface area contributed by atoms with Gasteiger partial charge in [-0.25, -0.2) is 0 Å². The Balaban J connectivity index is 1.58. The van der Waals surface area contributed by atoms with Gasteiger partial charge in [0.25, 0.3) is 5.91 Å². The van der Waals surface area contributed by atoms with Gasteiger partial charge in [-0.3, -0.25) is 9.78 Å². The molecule has 1 heterocycles. The first-order valence-electron chi connectivity index (χ1n) is 8.30. The number of pyridine rings is 1. The van der Waals surface area contributed by atoms with Gasteiger partial charge in [-0.15, -0.1) is 0 Å². The van der Waals surface area contributed by atoms with Crippen LogP contribution in [0.5, 0.6) is 5.75 Å². The number of rotatable bonds is 6. The first-order valence-corrected chi connectivity index (χ1v) is 8.68. The SMILES string of the molecule is CC(NC(=O)c1cccc(Cl)c1)c1ccc(OCc2cccnc2)cc1. The number of amides is 1. The first-order chi connectivity index (χ1) is 12.6. The van der Waals surface area contributed by atoms with E-state index in [-0.39, 0.29) is 11.9 Å². The summed E-state index contributed by atoms with van der Waals surface area (Å²) in [5.41, 5.74) is 2.55. The van der Waals surface area contributed by atoms with E-state index < -0.39 is 0 Å². The summed E-state index contributed by atoms with van der Waals surface area (Å²) in [7, 11) is 0. The molecular weight excluding hydrogens is 348 g/mol. The summed E-state index contributed by atoms with van der Waals surface area (Å²) in [5, 5.41) is 3.51. The molecule has 0 radical (unpaired) electrons. The van der Waals surface area contributed by atoms with E-state index in [4.69, 9.17) is 16.3 Å². The van der Waals surface area contributed by atoms with Crippen LogP contribution < -0.4 is 10.1 Å². The van der Waals surface area contributed by atoms with Gasteiger partial charge in [-0.1, -0.05) is 35.9 Å². The van der Waals surface area contributed by atoms with Crippen molar-refractivity contribution in [3.8, 4) is 5.75 Å². The molecule has 3 rings (SSSR count). The Hall–Kier alpha value is -2.85. The lowest BCUT2D eigenvalue weighted by Gasteiger charge is -2.15. The molecule has 1 atom stereocenters. The molecule has 0 spiro atoms. The van der Waals surface area contributed by atoms with Gasteiger partial charge in [0.15, 0.2) is 0 Å². The van der Waals surface area contributed by atoms with Gasteiger partial charge < -0.3 is 10.1 Å². The molecule has 0 aliphatic carbocycles. The second-order valence-corrected chi connectivity index (χ2v) is 6.36. The smallest absolute Gasteiger partial charge is 0.251 e. The summed E-state index contributed by atoms with van der Waals surface area (Å²) in [4.78, 5) is 16.4. The molecule has 26 heavy (non-hydrogen) atoms. The predicted octanol–water partition coefficient (Wildman–Crippen LogP) is 4.81. The summed E-state index contributed by atoms with van der Waals surface area (Å²) in [6.07, 6.45) is 3.51. The minimum Gasteiger partial charge on any atom is -0.489 e. The largest absolute Gasteiger partial charge is 0.489 e. The number of carbonyl (C=O) groups excluding carboxylic acids is 1. The highest BCUT2D eigenvalue weighted by molar-refractivity contribution is 6.30. The van der Waals surface area contributed by atoms with Crippen molar-refractivity contribution in [1.29, 1.82) is 0 Å². The summed E-state index contributed by atoms with van der Waals surface area (Å²) in [5.74, 6) is 0.614. The van der Waals surface area contributed by atoms with Crippen molar-refractivity contribution in [2.45, 2.75) is 19.6 Å². The Bertz CT molecular complexity index is 867. The van der Waals surface area contributed by atoms with E-state index in [1.807, 2.05) is 43.3 Å². The van der Waals surface area contributed by atoms with Crippen molar-refractivity contribution in [2.75, 3.05) is 0 Å². The maximum absolute atomic E-state index is 12.3. The van der Waals surface area contributed by atoms with Gasteiger partial charge in [0.2, 0.25) is 0 Å². The predicted molar refractivity (Wildman–Crippen MR) is 102 cm³/mol. The number of halogens is 1. The molecule has 1 aromatic heterocycles. The molecule has 4 nitrogen and oxygen atoms in total. The van der Waals surface area contributed by atoms with Crippen molar-refractivity contribution < 1.29 is 9.53 Å². The first kappa shape index (κ1) is 18.0. The fourth-order valence-corrected chi connectivity index (χ4v) is 2.69. The Kier molecular flexibility index (Phi) is 5.87. The van der Waals surface area contributed by atoms with Crippen LogP contribution in [-0.4, -0.2) is 10.9 Å². The average molecular weight is 367 g/mol. The lowest BCUT2D eigenvalue weighted by molar-refractivity contribution is 0.0940. The fraction of sp³-hybridized carbons (Fsp3) is 0.143. The highest BCUT2D eigenvalue weighted by Crippen LogP contribution is 2.19. The van der Waals surface area contributed by atoms with Gasteiger partial charge in [0, 0.05) is 28.5 Å². The summed E-state index contributed by atoms with van der Waals surface area (Å²) < 4.78 is 5.75. The number of hydrogen-bond acceptors (Lipinski definition) is 3. The molecule has 2 aromatic carbocycles. The van der Waals surface area contributed by atoms with Crippen LogP contribution in [0.2, 0.25) is 5.02 Å². The minimum absolute atomic E-state index is 0.131. The lowest BCUT2D eigenvalue weighted by atomic mass is 10.1. The molecule has 0 aliphatic rings. The maximum Gasteiger partial charge on any atom is 0.251 e. The minimum atomic E-state index is -0.156. The molecule has 5 heteroatoms. The quantitative estimate of drug-likeness (QED) is 0.681. The van der Waals surface area contributed by atoms with Crippen molar-refractivity contribution in [3.63, 3.8) is 0 Å². The Labute approximate surface area is 157 Å². The second-order valence-electron chi connectivity index (χ2n) is 5.92. The van der Waals surface area contributed by atoms with E-state index in [1.54, 1.807) is 36.7 Å². The summed E-state index contributed by atoms with van der Waals surface area (Å²) in [6, 6.07) is 18.3. The van der Waals surface area contributed by atoms with Gasteiger partial charge in [-0.05, 0) is 48.9 Å². The third-order valence-corrected chi connectivity index (χ3v) is 4.18. The molecule has 0 bridgehead atoms. The van der Waals surface area contributed by atoms with E-state index in [2.05, 4.69) is 10.3 Å². The Morgan fingerprint density at radius 1 is 1.15 bits per heavy atom. The molecule has 0 saturated heterocycles. The van der Waals surface area contributed by atoms with Crippen LogP contribution in [0.25, 0.3) is 0 Å². The van der Waals surface area contributed by atoms with Crippen LogP contribution in [0, 0.1) is 0 Å². The monoisotopic (exact) mass is 366 g/mol. The van der Waals surface area contributed by atoms with E-state index in [0.717, 1.165) is 16.9 Å². The third kappa shape index (κ3) is 4.83. The van der Waals surface area contributed by atoms with Crippen LogP contribution in [0.3, 0.4) is 0 Å². The normalized spacial score (nSPS) is 11.6. The average Bonchev–Trinajstić information content (AvgIpc) is 2.67. The van der Waals surface area contributed by atoms with Crippen LogP contribution >= 0.6 is 11.6 Å². The topological polar surface area (TPSA) is 51.2 Å². The highest BCUT2D eigenvalue weighted by Gasteiger charge is 2.12. The fourth-order valence-electron chi connectivity index (χ4n) is 2.50. The van der Waals surface area contributed by atoms with Gasteiger partial charge in [-0.2, -0.15) is 0 Å². The molecule has 0 saturated carbocycles. The van der Waals surface area contributed by atoms with E-state index in [0.29, 0.717) is 17.2 Å². The van der Waals surface area contributed by atoms with E-state index in [9.17, 15) is 4.79 Å². The van der Waals surface area contributed by atoms with Crippen LogP contribution in [0.4, 0.5) is 0 Å². The number of aromatic nitrogens is 1. The van der Waals surface area contributed by atoms with Crippen molar-refractivity contribution >= 4 is 17.5 Å². The van der Waals surface area contributed by atoms with Gasteiger partial charge in [0.05, 0.1) is 6.04 Å². The van der Waals surface area contributed by atoms with Crippen molar-refractivity contribution in [2.24, 2.45) is 0 Å². The number of ether oxygens (including phenoxy) is 1. The number of nitrogens with one attached hydrogen (secondary N) is 1. The molecule has 3 aromatic rings. The van der Waals surface area contributed by atoms with Gasteiger partial charge >= 0.3 is 0 Å². The standard InChI is InChI=1S/C21H19ClN2O2/c1-15(24-21(25)18-5-2-6-19(22)12-18)17-7-9-20(10-8-17)26-14-16-4-3-11-23-13-16/h2-13,15H,14H2,1H3,(H,24,25). The molecule has 0 fully saturated rings. The van der Waals surface area contributed by atoms with E-state index in [1.165, 1.54) is 0 Å². The third-order valence-electron chi connectivity index (χ3n) is 3.94. The number of hydrogen-bond donors (Lipinski definition) is 1. The Morgan fingerprint density at radius 3 is 2.65 bits per heavy atom. The maximum atomic E-state index is 12.3. The lowest BCUT2D eigenvalue weighted by Crippen LogP contribution is -2.26. The number of benzene rings is 2. The summed E-state index contributed by atoms with van der Waals surface area (Å²) in [6.45, 7) is 2.40. The number of carbonyl (C=O) groups is 1.